The van der Waals surface area contributed by atoms with Gasteiger partial charge in [-0.25, -0.2) is 9.18 Å². The summed E-state index contributed by atoms with van der Waals surface area (Å²) < 4.78 is 24.3. The number of carbonyl (C=O) groups excluding carboxylic acids is 1. The number of carbonyl (C=O) groups is 1. The summed E-state index contributed by atoms with van der Waals surface area (Å²) in [4.78, 5) is 15.2. The first-order valence-corrected chi connectivity index (χ1v) is 10.6. The van der Waals surface area contributed by atoms with Gasteiger partial charge in [0.2, 0.25) is 0 Å². The van der Waals surface area contributed by atoms with Crippen molar-refractivity contribution >= 4 is 6.03 Å². The van der Waals surface area contributed by atoms with Crippen molar-refractivity contribution in [1.82, 2.24) is 10.2 Å². The van der Waals surface area contributed by atoms with E-state index in [0.29, 0.717) is 12.5 Å². The fraction of sp³-hybridized carbons (Fsp3) is 0.458. The number of methoxy groups -OCH3 is 2. The number of rotatable bonds is 6. The molecule has 0 spiro atoms. The second kappa shape index (κ2) is 8.94. The first-order chi connectivity index (χ1) is 14.6. The number of ether oxygens (including phenoxy) is 2. The maximum atomic E-state index is 13.4. The Balaban J connectivity index is 1.55. The van der Waals surface area contributed by atoms with Crippen LogP contribution in [0.4, 0.5) is 9.18 Å². The molecule has 6 heteroatoms. The van der Waals surface area contributed by atoms with Crippen LogP contribution in [0.5, 0.6) is 11.5 Å². The summed E-state index contributed by atoms with van der Waals surface area (Å²) >= 11 is 0. The fourth-order valence-corrected chi connectivity index (χ4v) is 4.56. The highest BCUT2D eigenvalue weighted by Gasteiger charge is 2.35. The van der Waals surface area contributed by atoms with E-state index in [2.05, 4.69) is 5.32 Å². The molecule has 1 aliphatic heterocycles. The molecule has 0 aromatic heterocycles. The van der Waals surface area contributed by atoms with Gasteiger partial charge in [0.1, 0.15) is 17.3 Å². The summed E-state index contributed by atoms with van der Waals surface area (Å²) in [5.41, 5.74) is 1.96. The van der Waals surface area contributed by atoms with Gasteiger partial charge in [0.25, 0.3) is 0 Å². The lowest BCUT2D eigenvalue weighted by Crippen LogP contribution is -2.44. The third kappa shape index (κ3) is 4.09. The minimum atomic E-state index is -0.261. The Kier molecular flexibility index (Phi) is 6.11. The molecule has 1 N–H and O–H groups in total. The van der Waals surface area contributed by atoms with E-state index in [0.717, 1.165) is 48.3 Å². The van der Waals surface area contributed by atoms with Gasteiger partial charge < -0.3 is 19.7 Å². The first kappa shape index (κ1) is 20.5. The van der Waals surface area contributed by atoms with E-state index in [1.807, 2.05) is 23.1 Å². The van der Waals surface area contributed by atoms with E-state index in [1.54, 1.807) is 26.4 Å². The van der Waals surface area contributed by atoms with Gasteiger partial charge in [-0.2, -0.15) is 0 Å². The minimum Gasteiger partial charge on any atom is -0.497 e. The van der Waals surface area contributed by atoms with E-state index >= 15 is 0 Å². The molecular formula is C24H29FN2O3. The maximum Gasteiger partial charge on any atom is 0.318 e. The van der Waals surface area contributed by atoms with Crippen molar-refractivity contribution in [3.05, 3.63) is 59.4 Å². The Labute approximate surface area is 177 Å². The quantitative estimate of drug-likeness (QED) is 0.707. The fourth-order valence-electron chi connectivity index (χ4n) is 4.56. The lowest BCUT2D eigenvalue weighted by molar-refractivity contribution is 0.170. The summed E-state index contributed by atoms with van der Waals surface area (Å²) in [6.45, 7) is 0.701. The van der Waals surface area contributed by atoms with E-state index in [1.165, 1.54) is 18.6 Å². The van der Waals surface area contributed by atoms with Crippen molar-refractivity contribution in [2.75, 3.05) is 20.8 Å². The van der Waals surface area contributed by atoms with Crippen molar-refractivity contribution in [1.29, 1.82) is 0 Å². The first-order valence-electron chi connectivity index (χ1n) is 10.6. The van der Waals surface area contributed by atoms with Crippen LogP contribution in [0.25, 0.3) is 0 Å². The molecule has 2 amide bonds. The van der Waals surface area contributed by atoms with Gasteiger partial charge in [-0.1, -0.05) is 18.6 Å². The Morgan fingerprint density at radius 2 is 1.83 bits per heavy atom. The third-order valence-electron chi connectivity index (χ3n) is 6.44. The van der Waals surface area contributed by atoms with Crippen LogP contribution in [-0.4, -0.2) is 31.7 Å². The van der Waals surface area contributed by atoms with Gasteiger partial charge in [0, 0.05) is 18.2 Å². The van der Waals surface area contributed by atoms with Crippen molar-refractivity contribution in [2.24, 2.45) is 5.92 Å². The molecule has 2 fully saturated rings. The zero-order chi connectivity index (χ0) is 21.1. The zero-order valence-electron chi connectivity index (χ0n) is 17.6. The second-order valence-corrected chi connectivity index (χ2v) is 8.13. The van der Waals surface area contributed by atoms with Gasteiger partial charge >= 0.3 is 6.03 Å². The van der Waals surface area contributed by atoms with Crippen LogP contribution in [0.1, 0.15) is 55.3 Å². The molecule has 2 aromatic carbocycles. The lowest BCUT2D eigenvalue weighted by atomic mass is 9.77. The number of benzene rings is 2. The van der Waals surface area contributed by atoms with E-state index in [4.69, 9.17) is 9.47 Å². The number of hydrogen-bond acceptors (Lipinski definition) is 3. The molecule has 2 atom stereocenters. The van der Waals surface area contributed by atoms with Crippen LogP contribution in [0.3, 0.4) is 0 Å². The number of urea groups is 1. The average molecular weight is 413 g/mol. The molecule has 2 aromatic rings. The molecule has 160 valence electrons. The highest BCUT2D eigenvalue weighted by molar-refractivity contribution is 5.76. The molecule has 1 aliphatic carbocycles. The third-order valence-corrected chi connectivity index (χ3v) is 6.44. The summed E-state index contributed by atoms with van der Waals surface area (Å²) in [6.07, 6.45) is 5.17. The molecule has 30 heavy (non-hydrogen) atoms. The van der Waals surface area contributed by atoms with Gasteiger partial charge in [-0.05, 0) is 61.4 Å². The number of amides is 2. The summed E-state index contributed by atoms with van der Waals surface area (Å²) in [7, 11) is 3.26. The molecule has 1 saturated heterocycles. The Bertz CT molecular complexity index is 883. The van der Waals surface area contributed by atoms with E-state index in [-0.39, 0.29) is 23.9 Å². The van der Waals surface area contributed by atoms with Gasteiger partial charge in [-0.3, -0.25) is 0 Å². The van der Waals surface area contributed by atoms with Crippen LogP contribution in [-0.2, 0) is 0 Å². The van der Waals surface area contributed by atoms with Crippen molar-refractivity contribution in [2.45, 2.75) is 44.2 Å². The Morgan fingerprint density at radius 1 is 1.07 bits per heavy atom. The van der Waals surface area contributed by atoms with Crippen LogP contribution < -0.4 is 14.8 Å². The number of nitrogens with zero attached hydrogens (tertiary/aromatic N) is 1. The SMILES string of the molecule is COc1ccc(C2CCCN2C(=O)NC(c2ccc(F)cc2)C2CCC2)c(OC)c1. The molecular weight excluding hydrogens is 383 g/mol. The van der Waals surface area contributed by atoms with Crippen molar-refractivity contribution in [3.8, 4) is 11.5 Å². The van der Waals surface area contributed by atoms with Crippen LogP contribution in [0.15, 0.2) is 42.5 Å². The highest BCUT2D eigenvalue weighted by Crippen LogP contribution is 2.41. The normalized spacial score (nSPS) is 19.8. The van der Waals surface area contributed by atoms with E-state index in [9.17, 15) is 9.18 Å². The predicted molar refractivity (Wildman–Crippen MR) is 113 cm³/mol. The molecule has 0 radical (unpaired) electrons. The number of likely N-dealkylation sites (tertiary alicyclic amines) is 1. The maximum absolute atomic E-state index is 13.4. The van der Waals surface area contributed by atoms with Crippen LogP contribution >= 0.6 is 0 Å². The van der Waals surface area contributed by atoms with Crippen LogP contribution in [0.2, 0.25) is 0 Å². The highest BCUT2D eigenvalue weighted by atomic mass is 19.1. The Morgan fingerprint density at radius 3 is 2.47 bits per heavy atom. The van der Waals surface area contributed by atoms with E-state index < -0.39 is 0 Å². The summed E-state index contributed by atoms with van der Waals surface area (Å²) in [5.74, 6) is 1.60. The zero-order valence-corrected chi connectivity index (χ0v) is 17.6. The molecule has 0 bridgehead atoms. The monoisotopic (exact) mass is 412 g/mol. The molecule has 2 aliphatic rings. The largest absolute Gasteiger partial charge is 0.497 e. The molecule has 5 nitrogen and oxygen atoms in total. The van der Waals surface area contributed by atoms with Crippen molar-refractivity contribution in [3.63, 3.8) is 0 Å². The molecule has 1 saturated carbocycles. The topological polar surface area (TPSA) is 50.8 Å². The predicted octanol–water partition coefficient (Wildman–Crippen LogP) is 5.23. The smallest absolute Gasteiger partial charge is 0.318 e. The number of nitrogens with one attached hydrogen (secondary N) is 1. The summed E-state index contributed by atoms with van der Waals surface area (Å²) in [5, 5.41) is 3.26. The molecule has 4 rings (SSSR count). The molecule has 2 unspecified atom stereocenters. The van der Waals surface area contributed by atoms with Gasteiger partial charge in [0.15, 0.2) is 0 Å². The average Bonchev–Trinajstić information content (AvgIpc) is 3.21. The minimum absolute atomic E-state index is 0.0406. The van der Waals surface area contributed by atoms with Crippen LogP contribution in [0, 0.1) is 11.7 Å². The number of halogens is 1. The van der Waals surface area contributed by atoms with Crippen molar-refractivity contribution < 1.29 is 18.7 Å². The van der Waals surface area contributed by atoms with Gasteiger partial charge in [0.05, 0.1) is 26.3 Å². The standard InChI is InChI=1S/C24H29FN2O3/c1-29-19-12-13-20(22(15-19)30-2)21-7-4-14-27(21)24(28)26-23(16-5-3-6-16)17-8-10-18(25)11-9-17/h8-13,15-16,21,23H,3-7,14H2,1-2H3,(H,26,28). The second-order valence-electron chi connectivity index (χ2n) is 8.13. The lowest BCUT2D eigenvalue weighted by Gasteiger charge is -2.36. The summed E-state index contributed by atoms with van der Waals surface area (Å²) in [6, 6.07) is 12.0. The number of hydrogen-bond donors (Lipinski definition) is 1. The molecule has 1 heterocycles. The Hall–Kier alpha value is -2.76. The van der Waals surface area contributed by atoms with Gasteiger partial charge in [-0.15, -0.1) is 0 Å².